The largest absolute Gasteiger partial charge is 0.465 e. The Morgan fingerprint density at radius 2 is 1.70 bits per heavy atom. The fraction of sp³-hybridized carbons (Fsp3) is 0.542. The third-order valence-corrected chi connectivity index (χ3v) is 5.65. The Bertz CT molecular complexity index is 923. The summed E-state index contributed by atoms with van der Waals surface area (Å²) in [7, 11) is 0. The van der Waals surface area contributed by atoms with Crippen LogP contribution in [0.1, 0.15) is 58.2 Å². The predicted octanol–water partition coefficient (Wildman–Crippen LogP) is 1.24. The zero-order valence-electron chi connectivity index (χ0n) is 19.6. The summed E-state index contributed by atoms with van der Waals surface area (Å²) in [4.78, 5) is 39.0. The van der Waals surface area contributed by atoms with Gasteiger partial charge in [0.05, 0.1) is 17.7 Å². The van der Waals surface area contributed by atoms with Crippen LogP contribution in [0, 0.1) is 17.8 Å². The molecule has 0 aromatic heterocycles. The molecule has 180 valence electrons. The quantitative estimate of drug-likeness (QED) is 0.406. The molecule has 0 radical (unpaired) electrons. The molecule has 1 aliphatic heterocycles. The Morgan fingerprint density at radius 3 is 2.15 bits per heavy atom. The number of β-amino-alcohol motifs (C(OH)–C–C–N with tert-alkyl or cyclic N) is 1. The summed E-state index contributed by atoms with van der Waals surface area (Å²) in [5, 5.41) is 35.1. The van der Waals surface area contributed by atoms with Gasteiger partial charge in [0.2, 0.25) is 11.8 Å². The second kappa shape index (κ2) is 9.81. The summed E-state index contributed by atoms with van der Waals surface area (Å²) in [5.74, 6) is 1.35. The molecule has 1 aromatic rings. The van der Waals surface area contributed by atoms with E-state index in [0.29, 0.717) is 11.1 Å². The highest BCUT2D eigenvalue weighted by atomic mass is 16.4. The Hall–Kier alpha value is -3.09. The molecule has 2 rings (SSSR count). The lowest BCUT2D eigenvalue weighted by Gasteiger charge is -2.36. The minimum absolute atomic E-state index is 0.00385. The monoisotopic (exact) mass is 459 g/mol. The number of hydrogen-bond donors (Lipinski definition) is 5. The molecule has 33 heavy (non-hydrogen) atoms. The van der Waals surface area contributed by atoms with Crippen molar-refractivity contribution in [3.63, 3.8) is 0 Å². The molecule has 0 saturated carbocycles. The third-order valence-electron chi connectivity index (χ3n) is 5.65. The van der Waals surface area contributed by atoms with E-state index in [0.717, 1.165) is 0 Å². The number of benzene rings is 1. The molecule has 1 heterocycles. The number of terminal acetylenes is 1. The number of nitrogens with one attached hydrogen (secondary N) is 2. The van der Waals surface area contributed by atoms with Crippen molar-refractivity contribution in [3.8, 4) is 12.3 Å². The van der Waals surface area contributed by atoms with Crippen molar-refractivity contribution >= 4 is 17.9 Å². The average Bonchev–Trinajstić information content (AvgIpc) is 3.10. The highest BCUT2D eigenvalue weighted by molar-refractivity contribution is 5.92. The van der Waals surface area contributed by atoms with Crippen LogP contribution in [0.4, 0.5) is 4.79 Å². The highest BCUT2D eigenvalue weighted by Gasteiger charge is 2.45. The van der Waals surface area contributed by atoms with Gasteiger partial charge in [-0.25, -0.2) is 4.79 Å². The molecule has 3 amide bonds. The minimum atomic E-state index is -1.36. The zero-order chi connectivity index (χ0) is 25.1. The SMILES string of the molecule is C#Cc1ccc([C@H](NC(=O)[C@@H]2C[C@@H](O)CN2C(=O)[C@@H](NC(=O)O)C(C)(C)C)C(C)(C)O)cc1. The van der Waals surface area contributed by atoms with Gasteiger partial charge >= 0.3 is 6.09 Å². The predicted molar refractivity (Wildman–Crippen MR) is 122 cm³/mol. The molecule has 0 aliphatic carbocycles. The fourth-order valence-corrected chi connectivity index (χ4v) is 3.92. The number of carboxylic acid groups (broad SMARTS) is 1. The summed E-state index contributed by atoms with van der Waals surface area (Å²) in [6.45, 7) is 8.11. The Kier molecular flexibility index (Phi) is 7.78. The van der Waals surface area contributed by atoms with Crippen LogP contribution < -0.4 is 10.6 Å². The number of aliphatic hydroxyl groups excluding tert-OH is 1. The smallest absolute Gasteiger partial charge is 0.405 e. The van der Waals surface area contributed by atoms with Crippen LogP contribution in [-0.4, -0.2) is 68.5 Å². The van der Waals surface area contributed by atoms with Crippen molar-refractivity contribution in [1.82, 2.24) is 15.5 Å². The molecule has 9 heteroatoms. The Balaban J connectivity index is 2.31. The number of amides is 3. The molecule has 0 spiro atoms. The first-order chi connectivity index (χ1) is 15.1. The number of carbonyl (C=O) groups is 3. The molecule has 9 nitrogen and oxygen atoms in total. The van der Waals surface area contributed by atoms with E-state index in [1.807, 2.05) is 0 Å². The van der Waals surface area contributed by atoms with Gasteiger partial charge in [-0.2, -0.15) is 0 Å². The first-order valence-corrected chi connectivity index (χ1v) is 10.7. The Morgan fingerprint density at radius 1 is 1.12 bits per heavy atom. The van der Waals surface area contributed by atoms with E-state index in [-0.39, 0.29) is 13.0 Å². The van der Waals surface area contributed by atoms with Gasteiger partial charge in [-0.1, -0.05) is 38.8 Å². The van der Waals surface area contributed by atoms with Gasteiger partial charge < -0.3 is 30.9 Å². The van der Waals surface area contributed by atoms with Crippen molar-refractivity contribution in [2.75, 3.05) is 6.54 Å². The molecule has 1 fully saturated rings. The van der Waals surface area contributed by atoms with Crippen molar-refractivity contribution < 1.29 is 29.7 Å². The van der Waals surface area contributed by atoms with E-state index in [9.17, 15) is 29.7 Å². The average molecular weight is 460 g/mol. The number of carbonyl (C=O) groups excluding carboxylic acids is 2. The molecule has 1 saturated heterocycles. The van der Waals surface area contributed by atoms with Gasteiger partial charge in [0.25, 0.3) is 0 Å². The molecule has 0 bridgehead atoms. The number of hydrogen-bond acceptors (Lipinski definition) is 5. The number of rotatable bonds is 6. The molecular weight excluding hydrogens is 426 g/mol. The van der Waals surface area contributed by atoms with E-state index < -0.39 is 53.2 Å². The van der Waals surface area contributed by atoms with E-state index in [1.54, 1.807) is 58.9 Å². The van der Waals surface area contributed by atoms with Crippen molar-refractivity contribution in [3.05, 3.63) is 35.4 Å². The lowest BCUT2D eigenvalue weighted by atomic mass is 9.85. The third kappa shape index (κ3) is 6.46. The van der Waals surface area contributed by atoms with Crippen LogP contribution in [-0.2, 0) is 9.59 Å². The summed E-state index contributed by atoms with van der Waals surface area (Å²) < 4.78 is 0. The maximum atomic E-state index is 13.3. The summed E-state index contributed by atoms with van der Waals surface area (Å²) in [6, 6.07) is 3.84. The van der Waals surface area contributed by atoms with Gasteiger partial charge in [-0.3, -0.25) is 9.59 Å². The summed E-state index contributed by atoms with van der Waals surface area (Å²) in [6.07, 6.45) is 3.09. The van der Waals surface area contributed by atoms with Crippen molar-refractivity contribution in [1.29, 1.82) is 0 Å². The molecule has 0 unspecified atom stereocenters. The van der Waals surface area contributed by atoms with Gasteiger partial charge in [-0.15, -0.1) is 6.42 Å². The maximum Gasteiger partial charge on any atom is 0.405 e. The maximum absolute atomic E-state index is 13.3. The zero-order valence-corrected chi connectivity index (χ0v) is 19.6. The van der Waals surface area contributed by atoms with Crippen molar-refractivity contribution in [2.45, 2.75) is 70.9 Å². The van der Waals surface area contributed by atoms with Crippen LogP contribution in [0.5, 0.6) is 0 Å². The normalized spacial score (nSPS) is 20.5. The van der Waals surface area contributed by atoms with E-state index in [4.69, 9.17) is 6.42 Å². The van der Waals surface area contributed by atoms with E-state index in [1.165, 1.54) is 4.90 Å². The standard InChI is InChI=1S/C24H33N3O6/c1-7-14-8-10-15(11-9-14)18(24(5,6)33)25-20(29)17-12-16(28)13-27(17)21(30)19(23(2,3)4)26-22(31)32/h1,8-11,16-19,26,28,33H,12-13H2,2-6H3,(H,25,29)(H,31,32)/t16-,17+,18+,19-/m1/s1. The van der Waals surface area contributed by atoms with Crippen LogP contribution in [0.3, 0.4) is 0 Å². The second-order valence-corrected chi connectivity index (χ2v) is 10.0. The number of nitrogens with zero attached hydrogens (tertiary/aromatic N) is 1. The van der Waals surface area contributed by atoms with Crippen LogP contribution in [0.2, 0.25) is 0 Å². The Labute approximate surface area is 194 Å². The summed E-state index contributed by atoms with van der Waals surface area (Å²) in [5.41, 5.74) is -0.850. The van der Waals surface area contributed by atoms with Gasteiger partial charge in [0, 0.05) is 18.5 Å². The van der Waals surface area contributed by atoms with Crippen LogP contribution >= 0.6 is 0 Å². The van der Waals surface area contributed by atoms with E-state index >= 15 is 0 Å². The van der Waals surface area contributed by atoms with Crippen LogP contribution in [0.15, 0.2) is 24.3 Å². The van der Waals surface area contributed by atoms with Crippen molar-refractivity contribution in [2.24, 2.45) is 5.41 Å². The number of likely N-dealkylation sites (tertiary alicyclic amines) is 1. The summed E-state index contributed by atoms with van der Waals surface area (Å²) >= 11 is 0. The molecular formula is C24H33N3O6. The van der Waals surface area contributed by atoms with Crippen LogP contribution in [0.25, 0.3) is 0 Å². The fourth-order valence-electron chi connectivity index (χ4n) is 3.92. The van der Waals surface area contributed by atoms with Gasteiger partial charge in [0.15, 0.2) is 0 Å². The molecule has 5 N–H and O–H groups in total. The molecule has 1 aromatic carbocycles. The van der Waals surface area contributed by atoms with E-state index in [2.05, 4.69) is 16.6 Å². The topological polar surface area (TPSA) is 139 Å². The van der Waals surface area contributed by atoms with Gasteiger partial charge in [-0.05, 0) is 37.0 Å². The first kappa shape index (κ1) is 26.2. The minimum Gasteiger partial charge on any atom is -0.465 e. The van der Waals surface area contributed by atoms with Gasteiger partial charge in [0.1, 0.15) is 12.1 Å². The molecule has 1 aliphatic rings. The second-order valence-electron chi connectivity index (χ2n) is 10.0. The highest BCUT2D eigenvalue weighted by Crippen LogP contribution is 2.29. The number of aliphatic hydroxyl groups is 2. The lowest BCUT2D eigenvalue weighted by molar-refractivity contribution is -0.142. The molecule has 4 atom stereocenters. The first-order valence-electron chi connectivity index (χ1n) is 10.7. The lowest BCUT2D eigenvalue weighted by Crippen LogP contribution is -2.58.